The summed E-state index contributed by atoms with van der Waals surface area (Å²) < 4.78 is 5.42. The number of fused-ring (bicyclic) bond motifs is 1. The van der Waals surface area contributed by atoms with Crippen LogP contribution in [0, 0.1) is 0 Å². The molecule has 1 aromatic rings. The molecule has 0 unspecified atom stereocenters. The monoisotopic (exact) mass is 172 g/mol. The molecule has 0 bridgehead atoms. The van der Waals surface area contributed by atoms with Crippen molar-refractivity contribution in [1.29, 1.82) is 0 Å². The van der Waals surface area contributed by atoms with E-state index in [1.165, 1.54) is 11.1 Å². The molecule has 1 heterocycles. The molecular weight excluding hydrogens is 160 g/mol. The summed E-state index contributed by atoms with van der Waals surface area (Å²) in [6.07, 6.45) is 4.01. The molecular formula is C12H12O. The smallest absolute Gasteiger partial charge is 0.0727 e. The van der Waals surface area contributed by atoms with Gasteiger partial charge in [-0.05, 0) is 16.7 Å². The molecule has 0 amide bonds. The van der Waals surface area contributed by atoms with Crippen LogP contribution in [0.1, 0.15) is 11.1 Å². The van der Waals surface area contributed by atoms with Crippen molar-refractivity contribution < 1.29 is 4.74 Å². The molecule has 2 rings (SSSR count). The second-order valence-corrected chi connectivity index (χ2v) is 3.10. The molecule has 13 heavy (non-hydrogen) atoms. The highest BCUT2D eigenvalue weighted by Crippen LogP contribution is 2.21. The molecule has 0 aliphatic carbocycles. The minimum atomic E-state index is 0.674. The van der Waals surface area contributed by atoms with Crippen molar-refractivity contribution in [3.8, 4) is 0 Å². The zero-order valence-electron chi connectivity index (χ0n) is 7.49. The molecule has 1 aliphatic heterocycles. The van der Waals surface area contributed by atoms with Gasteiger partial charge in [-0.25, -0.2) is 0 Å². The van der Waals surface area contributed by atoms with Crippen LogP contribution in [0.25, 0.3) is 5.57 Å². The summed E-state index contributed by atoms with van der Waals surface area (Å²) in [5, 5.41) is 0. The van der Waals surface area contributed by atoms with Gasteiger partial charge in [0, 0.05) is 0 Å². The number of hydrogen-bond donors (Lipinski definition) is 0. The first-order chi connectivity index (χ1) is 6.38. The average Bonchev–Trinajstić information content (AvgIpc) is 2.14. The molecule has 0 N–H and O–H groups in total. The summed E-state index contributed by atoms with van der Waals surface area (Å²) in [4.78, 5) is 0. The van der Waals surface area contributed by atoms with Crippen LogP contribution >= 0.6 is 0 Å². The molecule has 0 aromatic heterocycles. The van der Waals surface area contributed by atoms with Gasteiger partial charge < -0.3 is 4.74 Å². The Morgan fingerprint density at radius 3 is 3.00 bits per heavy atom. The molecule has 0 radical (unpaired) electrons. The summed E-state index contributed by atoms with van der Waals surface area (Å²) in [6, 6.07) is 8.22. The summed E-state index contributed by atoms with van der Waals surface area (Å²) >= 11 is 0. The fraction of sp³-hybridized carbons (Fsp3) is 0.167. The summed E-state index contributed by atoms with van der Waals surface area (Å²) in [7, 11) is 0. The Morgan fingerprint density at radius 2 is 2.08 bits per heavy atom. The third kappa shape index (κ3) is 1.70. The van der Waals surface area contributed by atoms with Gasteiger partial charge in [0.25, 0.3) is 0 Å². The number of rotatable bonds is 0. The zero-order valence-corrected chi connectivity index (χ0v) is 7.49. The van der Waals surface area contributed by atoms with E-state index in [0.717, 1.165) is 5.57 Å². The van der Waals surface area contributed by atoms with Crippen molar-refractivity contribution in [2.24, 2.45) is 0 Å². The van der Waals surface area contributed by atoms with Crippen molar-refractivity contribution >= 4 is 5.57 Å². The van der Waals surface area contributed by atoms with E-state index in [0.29, 0.717) is 13.2 Å². The summed E-state index contributed by atoms with van der Waals surface area (Å²) in [5.41, 5.74) is 3.48. The molecule has 0 atom stereocenters. The molecule has 1 heteroatoms. The number of ether oxygens (including phenoxy) is 1. The van der Waals surface area contributed by atoms with Gasteiger partial charge in [-0.2, -0.15) is 0 Å². The largest absolute Gasteiger partial charge is 0.373 e. The standard InChI is InChI=1S/C12H12O/c1-10-5-4-8-13-9-11-6-2-3-7-12(10)11/h2-7H,1,8-9H2/b5-4-. The fourth-order valence-electron chi connectivity index (χ4n) is 1.48. The van der Waals surface area contributed by atoms with Gasteiger partial charge in [0.2, 0.25) is 0 Å². The van der Waals surface area contributed by atoms with Crippen molar-refractivity contribution in [3.05, 3.63) is 54.1 Å². The van der Waals surface area contributed by atoms with E-state index in [2.05, 4.69) is 18.7 Å². The normalized spacial score (nSPS) is 18.6. The van der Waals surface area contributed by atoms with Crippen molar-refractivity contribution in [1.82, 2.24) is 0 Å². The molecule has 1 aliphatic rings. The summed E-state index contributed by atoms with van der Waals surface area (Å²) in [5.74, 6) is 0. The first-order valence-electron chi connectivity index (χ1n) is 4.39. The second-order valence-electron chi connectivity index (χ2n) is 3.10. The summed E-state index contributed by atoms with van der Waals surface area (Å²) in [6.45, 7) is 5.37. The number of hydrogen-bond acceptors (Lipinski definition) is 1. The van der Waals surface area contributed by atoms with Crippen LogP contribution in [-0.2, 0) is 11.3 Å². The lowest BCUT2D eigenvalue weighted by Gasteiger charge is -2.12. The molecule has 0 spiro atoms. The molecule has 0 fully saturated rings. The molecule has 0 saturated heterocycles. The highest BCUT2D eigenvalue weighted by Gasteiger charge is 2.04. The van der Waals surface area contributed by atoms with E-state index in [4.69, 9.17) is 4.74 Å². The first kappa shape index (κ1) is 8.27. The van der Waals surface area contributed by atoms with Gasteiger partial charge in [-0.3, -0.25) is 0 Å². The number of allylic oxidation sites excluding steroid dienone is 2. The topological polar surface area (TPSA) is 9.23 Å². The van der Waals surface area contributed by atoms with Gasteiger partial charge in [0.05, 0.1) is 13.2 Å². The third-order valence-corrected chi connectivity index (χ3v) is 2.15. The Bertz CT molecular complexity index is 350. The Balaban J connectivity index is 2.46. The highest BCUT2D eigenvalue weighted by molar-refractivity contribution is 5.74. The lowest BCUT2D eigenvalue weighted by molar-refractivity contribution is 0.148. The molecule has 1 aromatic carbocycles. The maximum Gasteiger partial charge on any atom is 0.0727 e. The van der Waals surface area contributed by atoms with Crippen LogP contribution < -0.4 is 0 Å². The van der Waals surface area contributed by atoms with E-state index in [1.807, 2.05) is 24.3 Å². The van der Waals surface area contributed by atoms with Crippen LogP contribution in [0.2, 0.25) is 0 Å². The van der Waals surface area contributed by atoms with Gasteiger partial charge in [0.1, 0.15) is 0 Å². The molecule has 1 nitrogen and oxygen atoms in total. The quantitative estimate of drug-likeness (QED) is 0.584. The minimum absolute atomic E-state index is 0.674. The molecule has 0 saturated carbocycles. The van der Waals surface area contributed by atoms with E-state index in [-0.39, 0.29) is 0 Å². The Labute approximate surface area is 78.3 Å². The predicted octanol–water partition coefficient (Wildman–Crippen LogP) is 2.79. The maximum absolute atomic E-state index is 5.42. The van der Waals surface area contributed by atoms with E-state index < -0.39 is 0 Å². The lowest BCUT2D eigenvalue weighted by atomic mass is 10.0. The fourth-order valence-corrected chi connectivity index (χ4v) is 1.48. The minimum Gasteiger partial charge on any atom is -0.373 e. The van der Waals surface area contributed by atoms with Gasteiger partial charge in [-0.15, -0.1) is 0 Å². The maximum atomic E-state index is 5.42. The van der Waals surface area contributed by atoms with E-state index in [1.54, 1.807) is 0 Å². The van der Waals surface area contributed by atoms with Crippen LogP contribution in [0.5, 0.6) is 0 Å². The van der Waals surface area contributed by atoms with Gasteiger partial charge in [-0.1, -0.05) is 43.0 Å². The number of benzene rings is 1. The average molecular weight is 172 g/mol. The Hall–Kier alpha value is -1.34. The van der Waals surface area contributed by atoms with Crippen molar-refractivity contribution in [2.75, 3.05) is 6.61 Å². The third-order valence-electron chi connectivity index (χ3n) is 2.15. The van der Waals surface area contributed by atoms with Gasteiger partial charge in [0.15, 0.2) is 0 Å². The van der Waals surface area contributed by atoms with Crippen LogP contribution in [0.3, 0.4) is 0 Å². The van der Waals surface area contributed by atoms with Crippen molar-refractivity contribution in [2.45, 2.75) is 6.61 Å². The molecule has 66 valence electrons. The first-order valence-corrected chi connectivity index (χ1v) is 4.39. The van der Waals surface area contributed by atoms with E-state index in [9.17, 15) is 0 Å². The van der Waals surface area contributed by atoms with Crippen LogP contribution in [0.4, 0.5) is 0 Å². The predicted molar refractivity (Wildman–Crippen MR) is 54.3 cm³/mol. The van der Waals surface area contributed by atoms with Crippen LogP contribution in [0.15, 0.2) is 43.0 Å². The van der Waals surface area contributed by atoms with Gasteiger partial charge >= 0.3 is 0 Å². The highest BCUT2D eigenvalue weighted by atomic mass is 16.5. The van der Waals surface area contributed by atoms with Crippen molar-refractivity contribution in [3.63, 3.8) is 0 Å². The second kappa shape index (κ2) is 3.58. The van der Waals surface area contributed by atoms with Crippen LogP contribution in [-0.4, -0.2) is 6.61 Å². The lowest BCUT2D eigenvalue weighted by Crippen LogP contribution is -1.99. The SMILES string of the molecule is C=C1/C=C\COCc2ccccc21. The Morgan fingerprint density at radius 1 is 1.23 bits per heavy atom. The van der Waals surface area contributed by atoms with E-state index >= 15 is 0 Å². The zero-order chi connectivity index (χ0) is 9.10. The Kier molecular flexibility index (Phi) is 2.28.